The van der Waals surface area contributed by atoms with Gasteiger partial charge in [-0.1, -0.05) is 49.4 Å². The molecule has 6 heteroatoms. The number of nitrogens with one attached hydrogen (secondary N) is 1. The summed E-state index contributed by atoms with van der Waals surface area (Å²) in [5.41, 5.74) is 0.974. The summed E-state index contributed by atoms with van der Waals surface area (Å²) < 4.78 is 15.8. The van der Waals surface area contributed by atoms with Gasteiger partial charge in [0.1, 0.15) is 0 Å². The standard InChI is InChI=1S/C20H23NO5/c1-3-16(20(23)21-13-15-9-5-4-6-10-15)26-19(22)14-25-18-12-8-7-11-17(18)24-2/h4-12,16H,3,13-14H2,1-2H3,(H,21,23). The van der Waals surface area contributed by atoms with Crippen LogP contribution in [-0.4, -0.2) is 31.7 Å². The first kappa shape index (κ1) is 19.3. The normalized spacial score (nSPS) is 11.3. The van der Waals surface area contributed by atoms with Gasteiger partial charge >= 0.3 is 5.97 Å². The van der Waals surface area contributed by atoms with Crippen molar-refractivity contribution in [1.29, 1.82) is 0 Å². The number of carbonyl (C=O) groups excluding carboxylic acids is 2. The van der Waals surface area contributed by atoms with Gasteiger partial charge in [0.25, 0.3) is 5.91 Å². The number of benzene rings is 2. The van der Waals surface area contributed by atoms with Crippen molar-refractivity contribution in [3.8, 4) is 11.5 Å². The van der Waals surface area contributed by atoms with Crippen LogP contribution in [0.1, 0.15) is 18.9 Å². The van der Waals surface area contributed by atoms with E-state index in [-0.39, 0.29) is 12.5 Å². The monoisotopic (exact) mass is 357 g/mol. The van der Waals surface area contributed by atoms with Crippen LogP contribution in [0.2, 0.25) is 0 Å². The van der Waals surface area contributed by atoms with E-state index in [0.717, 1.165) is 5.56 Å². The minimum absolute atomic E-state index is 0.303. The topological polar surface area (TPSA) is 73.9 Å². The van der Waals surface area contributed by atoms with Crippen LogP contribution in [-0.2, 0) is 20.9 Å². The van der Waals surface area contributed by atoms with Gasteiger partial charge < -0.3 is 19.5 Å². The number of hydrogen-bond donors (Lipinski definition) is 1. The molecule has 6 nitrogen and oxygen atoms in total. The molecule has 2 rings (SSSR count). The number of carbonyl (C=O) groups is 2. The zero-order chi connectivity index (χ0) is 18.8. The Hall–Kier alpha value is -3.02. The minimum Gasteiger partial charge on any atom is -0.493 e. The Morgan fingerprint density at radius 1 is 1.00 bits per heavy atom. The number of rotatable bonds is 9. The third kappa shape index (κ3) is 5.81. The summed E-state index contributed by atoms with van der Waals surface area (Å²) in [7, 11) is 1.52. The van der Waals surface area contributed by atoms with Crippen LogP contribution in [0.25, 0.3) is 0 Å². The smallest absolute Gasteiger partial charge is 0.344 e. The molecule has 0 aliphatic carbocycles. The second-order valence-corrected chi connectivity index (χ2v) is 5.53. The van der Waals surface area contributed by atoms with Gasteiger partial charge in [0.15, 0.2) is 24.2 Å². The summed E-state index contributed by atoms with van der Waals surface area (Å²) >= 11 is 0. The van der Waals surface area contributed by atoms with E-state index in [9.17, 15) is 9.59 Å². The fraction of sp³-hybridized carbons (Fsp3) is 0.300. The largest absolute Gasteiger partial charge is 0.493 e. The highest BCUT2D eigenvalue weighted by Crippen LogP contribution is 2.25. The Labute approximate surface area is 153 Å². The predicted molar refractivity (Wildman–Crippen MR) is 96.9 cm³/mol. The number of para-hydroxylation sites is 2. The average molecular weight is 357 g/mol. The molecule has 0 bridgehead atoms. The molecule has 2 aromatic rings. The van der Waals surface area contributed by atoms with Crippen LogP contribution in [0.15, 0.2) is 54.6 Å². The van der Waals surface area contributed by atoms with Gasteiger partial charge in [-0.3, -0.25) is 4.79 Å². The van der Waals surface area contributed by atoms with E-state index in [1.165, 1.54) is 7.11 Å². The second kappa shape index (κ2) is 10.1. The number of amides is 1. The average Bonchev–Trinajstić information content (AvgIpc) is 2.69. The Balaban J connectivity index is 1.82. The molecule has 0 fully saturated rings. The van der Waals surface area contributed by atoms with Crippen molar-refractivity contribution in [1.82, 2.24) is 5.32 Å². The Bertz CT molecular complexity index is 717. The van der Waals surface area contributed by atoms with Crippen LogP contribution in [0.4, 0.5) is 0 Å². The molecule has 0 spiro atoms. The van der Waals surface area contributed by atoms with Crippen LogP contribution in [0, 0.1) is 0 Å². The lowest BCUT2D eigenvalue weighted by Crippen LogP contribution is -2.38. The fourth-order valence-electron chi connectivity index (χ4n) is 2.29. The van der Waals surface area contributed by atoms with Crippen LogP contribution < -0.4 is 14.8 Å². The number of esters is 1. The van der Waals surface area contributed by atoms with E-state index in [1.54, 1.807) is 31.2 Å². The highest BCUT2D eigenvalue weighted by molar-refractivity contribution is 5.84. The molecular formula is C20H23NO5. The maximum absolute atomic E-state index is 12.2. The molecule has 0 aliphatic rings. The maximum Gasteiger partial charge on any atom is 0.344 e. The van der Waals surface area contributed by atoms with E-state index < -0.39 is 12.1 Å². The summed E-state index contributed by atoms with van der Waals surface area (Å²) in [5, 5.41) is 2.77. The molecule has 1 N–H and O–H groups in total. The van der Waals surface area contributed by atoms with Crippen molar-refractivity contribution in [3.63, 3.8) is 0 Å². The van der Waals surface area contributed by atoms with Gasteiger partial charge in [-0.25, -0.2) is 4.79 Å². The van der Waals surface area contributed by atoms with E-state index in [0.29, 0.717) is 24.5 Å². The lowest BCUT2D eigenvalue weighted by Gasteiger charge is -2.16. The third-order valence-corrected chi connectivity index (χ3v) is 3.66. The number of methoxy groups -OCH3 is 1. The zero-order valence-corrected chi connectivity index (χ0v) is 14.9. The molecule has 2 aromatic carbocycles. The first-order chi connectivity index (χ1) is 12.6. The van der Waals surface area contributed by atoms with E-state index in [4.69, 9.17) is 14.2 Å². The lowest BCUT2D eigenvalue weighted by atomic mass is 10.2. The summed E-state index contributed by atoms with van der Waals surface area (Å²) in [6, 6.07) is 16.5. The summed E-state index contributed by atoms with van der Waals surface area (Å²) in [5.74, 6) is 0.0149. The van der Waals surface area contributed by atoms with Crippen molar-refractivity contribution in [2.75, 3.05) is 13.7 Å². The van der Waals surface area contributed by atoms with Crippen molar-refractivity contribution < 1.29 is 23.8 Å². The van der Waals surface area contributed by atoms with Crippen molar-refractivity contribution in [3.05, 3.63) is 60.2 Å². The number of hydrogen-bond acceptors (Lipinski definition) is 5. The molecule has 138 valence electrons. The van der Waals surface area contributed by atoms with Gasteiger partial charge in [0, 0.05) is 6.54 Å². The SMILES string of the molecule is CCC(OC(=O)COc1ccccc1OC)C(=O)NCc1ccccc1. The molecule has 0 heterocycles. The third-order valence-electron chi connectivity index (χ3n) is 3.66. The van der Waals surface area contributed by atoms with E-state index in [1.807, 2.05) is 30.3 Å². The second-order valence-electron chi connectivity index (χ2n) is 5.53. The Morgan fingerprint density at radius 2 is 1.65 bits per heavy atom. The lowest BCUT2D eigenvalue weighted by molar-refractivity contribution is -0.158. The molecule has 1 amide bonds. The van der Waals surface area contributed by atoms with Gasteiger partial charge in [0.2, 0.25) is 0 Å². The van der Waals surface area contributed by atoms with Crippen LogP contribution in [0.3, 0.4) is 0 Å². The van der Waals surface area contributed by atoms with E-state index in [2.05, 4.69) is 5.32 Å². The van der Waals surface area contributed by atoms with Crippen molar-refractivity contribution >= 4 is 11.9 Å². The van der Waals surface area contributed by atoms with Gasteiger partial charge in [-0.05, 0) is 24.1 Å². The highest BCUT2D eigenvalue weighted by Gasteiger charge is 2.21. The Kier molecular flexibility index (Phi) is 7.49. The molecule has 1 unspecified atom stereocenters. The summed E-state index contributed by atoms with van der Waals surface area (Å²) in [6.07, 6.45) is -0.478. The van der Waals surface area contributed by atoms with Gasteiger partial charge in [-0.15, -0.1) is 0 Å². The molecule has 0 saturated heterocycles. The van der Waals surface area contributed by atoms with Gasteiger partial charge in [-0.2, -0.15) is 0 Å². The first-order valence-corrected chi connectivity index (χ1v) is 8.41. The predicted octanol–water partition coefficient (Wildman–Crippen LogP) is 2.71. The molecule has 0 saturated carbocycles. The minimum atomic E-state index is -0.854. The number of ether oxygens (including phenoxy) is 3. The molecule has 0 aromatic heterocycles. The molecule has 0 radical (unpaired) electrons. The zero-order valence-electron chi connectivity index (χ0n) is 14.9. The molecule has 26 heavy (non-hydrogen) atoms. The van der Waals surface area contributed by atoms with Crippen LogP contribution >= 0.6 is 0 Å². The van der Waals surface area contributed by atoms with E-state index >= 15 is 0 Å². The van der Waals surface area contributed by atoms with Gasteiger partial charge in [0.05, 0.1) is 7.11 Å². The quantitative estimate of drug-likeness (QED) is 0.699. The molecule has 0 aliphatic heterocycles. The van der Waals surface area contributed by atoms with Crippen molar-refractivity contribution in [2.24, 2.45) is 0 Å². The van der Waals surface area contributed by atoms with Crippen molar-refractivity contribution in [2.45, 2.75) is 26.0 Å². The summed E-state index contributed by atoms with van der Waals surface area (Å²) in [6.45, 7) is 1.86. The fourth-order valence-corrected chi connectivity index (χ4v) is 2.29. The highest BCUT2D eigenvalue weighted by atomic mass is 16.6. The summed E-state index contributed by atoms with van der Waals surface area (Å²) in [4.78, 5) is 24.2. The van der Waals surface area contributed by atoms with Crippen LogP contribution in [0.5, 0.6) is 11.5 Å². The molecular weight excluding hydrogens is 334 g/mol. The molecule has 1 atom stereocenters. The maximum atomic E-state index is 12.2. The Morgan fingerprint density at radius 3 is 2.31 bits per heavy atom. The first-order valence-electron chi connectivity index (χ1n) is 8.41.